The Kier molecular flexibility index (Phi) is 14.5. The van der Waals surface area contributed by atoms with Crippen LogP contribution in [0.15, 0.2) is 0 Å². The second-order valence-corrected chi connectivity index (χ2v) is 21.3. The fraction of sp³-hybridized carbons (Fsp3) is 0.979. The number of aliphatic hydroxyl groups excluding tert-OH is 2. The molecule has 24 atom stereocenters. The van der Waals surface area contributed by atoms with E-state index < -0.39 is 66.5 Å². The molecular weight excluding hydrogens is 801 g/mol. The fourth-order valence-corrected chi connectivity index (χ4v) is 13.3. The van der Waals surface area contributed by atoms with Gasteiger partial charge in [-0.25, -0.2) is 0 Å². The quantitative estimate of drug-likeness (QED) is 0.157. The predicted octanol–water partition coefficient (Wildman–Crippen LogP) is 5.59. The Morgan fingerprint density at radius 3 is 2.18 bits per heavy atom. The largest absolute Gasteiger partial charge is 0.461 e. The van der Waals surface area contributed by atoms with E-state index in [-0.39, 0.29) is 79.0 Å². The van der Waals surface area contributed by atoms with Gasteiger partial charge < -0.3 is 57.6 Å². The van der Waals surface area contributed by atoms with Crippen molar-refractivity contribution in [1.82, 2.24) is 0 Å². The first kappa shape index (κ1) is 47.5. The normalized spacial score (nSPS) is 53.2. The van der Waals surface area contributed by atoms with Crippen molar-refractivity contribution in [1.29, 1.82) is 0 Å². The van der Waals surface area contributed by atoms with Crippen LogP contribution >= 0.6 is 0 Å². The maximum Gasteiger partial charge on any atom is 0.353 e. The second kappa shape index (κ2) is 18.9. The van der Waals surface area contributed by atoms with Crippen molar-refractivity contribution in [3.8, 4) is 0 Å². The number of epoxide rings is 1. The summed E-state index contributed by atoms with van der Waals surface area (Å²) in [6.07, 6.45) is 3.06. The lowest BCUT2D eigenvalue weighted by atomic mass is 9.63. The number of carbonyl (C=O) groups is 1. The van der Waals surface area contributed by atoms with E-state index in [9.17, 15) is 20.1 Å². The van der Waals surface area contributed by atoms with Crippen LogP contribution in [0.2, 0.25) is 0 Å². The molecule has 1 saturated carbocycles. The van der Waals surface area contributed by atoms with Crippen LogP contribution in [0, 0.1) is 41.4 Å². The van der Waals surface area contributed by atoms with Gasteiger partial charge in [0.1, 0.15) is 30.0 Å². The molecule has 8 fully saturated rings. The molecule has 356 valence electrons. The molecule has 14 heteroatoms. The maximum absolute atomic E-state index is 14.5. The number of hydrogen-bond donors (Lipinski definition) is 3. The molecule has 8 aliphatic rings. The van der Waals surface area contributed by atoms with E-state index in [2.05, 4.69) is 39.0 Å². The van der Waals surface area contributed by atoms with Gasteiger partial charge in [-0.3, -0.25) is 9.53 Å². The van der Waals surface area contributed by atoms with Crippen LogP contribution in [-0.2, 0) is 51.8 Å². The highest BCUT2D eigenvalue weighted by Crippen LogP contribution is 2.64. The highest BCUT2D eigenvalue weighted by molar-refractivity contribution is 5.75. The third-order valence-electron chi connectivity index (χ3n) is 17.2. The van der Waals surface area contributed by atoms with Gasteiger partial charge >= 0.3 is 11.8 Å². The zero-order valence-electron chi connectivity index (χ0n) is 39.2. The monoisotopic (exact) mass is 882 g/mol. The Hall–Kier alpha value is -1.01. The molecule has 0 unspecified atom stereocenters. The van der Waals surface area contributed by atoms with E-state index in [1.165, 1.54) is 0 Å². The highest BCUT2D eigenvalue weighted by atomic mass is 16.9. The Morgan fingerprint density at radius 2 is 1.47 bits per heavy atom. The van der Waals surface area contributed by atoms with Gasteiger partial charge in [0.25, 0.3) is 6.10 Å². The Morgan fingerprint density at radius 1 is 0.790 bits per heavy atom. The Bertz CT molecular complexity index is 1520. The summed E-state index contributed by atoms with van der Waals surface area (Å²) >= 11 is 0. The summed E-state index contributed by atoms with van der Waals surface area (Å²) in [5.74, 6) is -1.10. The zero-order valence-corrected chi connectivity index (χ0v) is 39.2. The number of hydrogen-bond acceptors (Lipinski definition) is 13. The molecule has 2 bridgehead atoms. The molecule has 7 aliphatic heterocycles. The van der Waals surface area contributed by atoms with Crippen molar-refractivity contribution in [2.45, 2.75) is 236 Å². The minimum Gasteiger partial charge on any atom is -0.461 e. The van der Waals surface area contributed by atoms with E-state index in [0.29, 0.717) is 50.4 Å². The molecule has 3 N–H and O–H groups in total. The lowest BCUT2D eigenvalue weighted by Crippen LogP contribution is -2.62. The van der Waals surface area contributed by atoms with Crippen LogP contribution in [0.4, 0.5) is 0 Å². The van der Waals surface area contributed by atoms with Crippen LogP contribution in [0.1, 0.15) is 132 Å². The molecule has 7 heterocycles. The van der Waals surface area contributed by atoms with E-state index in [1.54, 1.807) is 14.2 Å². The SMILES string of the molecule is CC[C@H](C)[C@H]1O[C@]23C[C@@H]4C[C@@H](CC[C@@H](C)[C@@H](O[C@H]5C[C@H](OC)[C@@H](O[C@H]6C[C@H](OC)[C@@H](O)[C@H](C)O6)[C@H](C)O5)[C@@H](C)CCC[C@H]5CO[C@@H]6[C@H](O)[C@@H](C)C[C@@H](C(=O)O4)[C@]56O)[O+]2[C@@H]3C[C@@H]1C. The summed E-state index contributed by atoms with van der Waals surface area (Å²) in [6.45, 7) is 17.4. The van der Waals surface area contributed by atoms with Crippen LogP contribution < -0.4 is 0 Å². The van der Waals surface area contributed by atoms with Crippen LogP contribution in [-0.4, -0.2) is 145 Å². The van der Waals surface area contributed by atoms with Crippen molar-refractivity contribution in [3.05, 3.63) is 0 Å². The molecule has 14 nitrogen and oxygen atoms in total. The third-order valence-corrected chi connectivity index (χ3v) is 17.2. The summed E-state index contributed by atoms with van der Waals surface area (Å²) in [7, 11) is 3.29. The van der Waals surface area contributed by atoms with Gasteiger partial charge in [0.15, 0.2) is 18.7 Å². The molecule has 62 heavy (non-hydrogen) atoms. The molecule has 0 aromatic rings. The van der Waals surface area contributed by atoms with Gasteiger partial charge in [-0.1, -0.05) is 54.4 Å². The highest BCUT2D eigenvalue weighted by Gasteiger charge is 2.82. The number of rotatable bonds is 8. The van der Waals surface area contributed by atoms with Gasteiger partial charge in [-0.05, 0) is 69.1 Å². The van der Waals surface area contributed by atoms with Crippen LogP contribution in [0.5, 0.6) is 0 Å². The van der Waals surface area contributed by atoms with E-state index >= 15 is 0 Å². The van der Waals surface area contributed by atoms with Crippen molar-refractivity contribution in [3.63, 3.8) is 0 Å². The maximum atomic E-state index is 14.5. The van der Waals surface area contributed by atoms with Gasteiger partial charge in [0, 0.05) is 45.8 Å². The summed E-state index contributed by atoms with van der Waals surface area (Å²) in [5.41, 5.74) is -1.52. The lowest BCUT2D eigenvalue weighted by Gasteiger charge is -2.47. The average Bonchev–Trinajstić information content (AvgIpc) is 3.76. The Balaban J connectivity index is 1.03. The van der Waals surface area contributed by atoms with Crippen LogP contribution in [0.3, 0.4) is 0 Å². The number of methoxy groups -OCH3 is 2. The van der Waals surface area contributed by atoms with E-state index in [0.717, 1.165) is 38.5 Å². The first-order chi connectivity index (χ1) is 29.5. The summed E-state index contributed by atoms with van der Waals surface area (Å²) in [5, 5.41) is 34.6. The first-order valence-electron chi connectivity index (χ1n) is 24.5. The number of fused-ring (bicyclic) bond motifs is 4. The molecule has 1 spiro atoms. The summed E-state index contributed by atoms with van der Waals surface area (Å²) in [4.78, 5) is 14.5. The van der Waals surface area contributed by atoms with Gasteiger partial charge in [0.2, 0.25) is 0 Å². The number of ether oxygens (including phenoxy) is 9. The Labute approximate surface area is 370 Å². The van der Waals surface area contributed by atoms with E-state index in [1.807, 2.05) is 20.8 Å². The molecule has 1 aliphatic carbocycles. The first-order valence-corrected chi connectivity index (χ1v) is 24.5. The topological polar surface area (TPSA) is 164 Å². The summed E-state index contributed by atoms with van der Waals surface area (Å²) in [6, 6.07) is 0. The third kappa shape index (κ3) is 8.70. The minimum absolute atomic E-state index is 0.0801. The standard InChI is InChI=1S/C48H81O14/c1-11-24(2)43-28(6)18-37-47(61-43)22-32-19-33(62(37)47)16-15-26(4)42(25(3)13-12-14-31-23-55-45-40(49)27(5)17-34(46(51)58-32)48(31,45)52)59-39-21-36(54-10)44(30(8)57-39)60-38-20-35(53-9)41(50)29(7)56-38/h24-45,49-50,52H,11-23H2,1-10H3/q+1/t24-,25-,26+,27-,28-,29-,30-,31-,32-,33+,34-,35-,36-,37+,38-,39-,40+,41-,42-,43+,44-,45+,47+,48+/m0/s1. The second-order valence-electron chi connectivity index (χ2n) is 21.3. The van der Waals surface area contributed by atoms with Crippen molar-refractivity contribution in [2.75, 3.05) is 20.8 Å². The molecule has 0 radical (unpaired) electrons. The lowest BCUT2D eigenvalue weighted by molar-refractivity contribution is -0.322. The molecule has 0 aromatic carbocycles. The van der Waals surface area contributed by atoms with Crippen molar-refractivity contribution < 1.29 is 67.1 Å². The molecule has 0 aromatic heterocycles. The van der Waals surface area contributed by atoms with Crippen LogP contribution in [0.25, 0.3) is 0 Å². The molecule has 0 amide bonds. The summed E-state index contributed by atoms with van der Waals surface area (Å²) < 4.78 is 61.6. The molecule has 8 rings (SSSR count). The predicted molar refractivity (Wildman–Crippen MR) is 227 cm³/mol. The van der Waals surface area contributed by atoms with Gasteiger partial charge in [-0.15, -0.1) is 0 Å². The zero-order chi connectivity index (χ0) is 44.4. The fourth-order valence-electron chi connectivity index (χ4n) is 13.3. The van der Waals surface area contributed by atoms with Gasteiger partial charge in [-0.2, -0.15) is 0 Å². The van der Waals surface area contributed by atoms with E-state index in [4.69, 9.17) is 42.6 Å². The number of aliphatic hydroxyl groups is 3. The smallest absolute Gasteiger partial charge is 0.353 e. The molecule has 7 saturated heterocycles. The van der Waals surface area contributed by atoms with Crippen molar-refractivity contribution in [2.24, 2.45) is 41.4 Å². The number of carbonyl (C=O) groups excluding carboxylic acids is 1. The van der Waals surface area contributed by atoms with Crippen molar-refractivity contribution >= 4 is 5.97 Å². The number of esters is 1. The minimum atomic E-state index is -1.52. The molecular formula is C48H81O14+. The average molecular weight is 882 g/mol. The van der Waals surface area contributed by atoms with Gasteiger partial charge in [0.05, 0.1) is 68.1 Å².